The molecule has 1 aliphatic rings. The van der Waals surface area contributed by atoms with Crippen LogP contribution in [-0.4, -0.2) is 47.2 Å². The number of hydrogen-bond acceptors (Lipinski definition) is 3. The number of sulfonamides is 1. The van der Waals surface area contributed by atoms with Gasteiger partial charge in [0, 0.05) is 38.9 Å². The molecular formula is C20H27N3O3S. The Bertz CT molecular complexity index is 898. The summed E-state index contributed by atoms with van der Waals surface area (Å²) >= 11 is 0. The first-order chi connectivity index (χ1) is 12.9. The zero-order chi connectivity index (χ0) is 19.6. The molecule has 2 aromatic rings. The molecule has 1 fully saturated rings. The van der Waals surface area contributed by atoms with Gasteiger partial charge in [0.25, 0.3) is 5.91 Å². The Kier molecular flexibility index (Phi) is 5.72. The predicted molar refractivity (Wildman–Crippen MR) is 105 cm³/mol. The van der Waals surface area contributed by atoms with Crippen LogP contribution in [0.5, 0.6) is 0 Å². The van der Waals surface area contributed by atoms with Crippen LogP contribution in [0.15, 0.2) is 47.5 Å². The van der Waals surface area contributed by atoms with Gasteiger partial charge in [0.1, 0.15) is 10.6 Å². The van der Waals surface area contributed by atoms with E-state index < -0.39 is 10.0 Å². The lowest BCUT2D eigenvalue weighted by atomic mass is 10.2. The minimum absolute atomic E-state index is 0.121. The first kappa shape index (κ1) is 19.6. The fourth-order valence-corrected chi connectivity index (χ4v) is 4.81. The van der Waals surface area contributed by atoms with Crippen LogP contribution < -0.4 is 0 Å². The standard InChI is InChI=1S/C20H27N3O3S/c1-4-22(5-2)27(25,26)18-13-19(21(3)15-18)20(24)23(17-11-12-17)14-16-9-7-6-8-10-16/h6-10,13,15,17H,4-5,11-12,14H2,1-3H3. The average Bonchev–Trinajstić information content (AvgIpc) is 3.42. The summed E-state index contributed by atoms with van der Waals surface area (Å²) in [6.07, 6.45) is 3.52. The first-order valence-electron chi connectivity index (χ1n) is 9.39. The Labute approximate surface area is 161 Å². The van der Waals surface area contributed by atoms with Crippen molar-refractivity contribution in [1.82, 2.24) is 13.8 Å². The predicted octanol–water partition coefficient (Wildman–Crippen LogP) is 2.86. The molecule has 0 atom stereocenters. The van der Waals surface area contributed by atoms with E-state index in [0.29, 0.717) is 25.3 Å². The van der Waals surface area contributed by atoms with Gasteiger partial charge in [0.05, 0.1) is 0 Å². The molecule has 27 heavy (non-hydrogen) atoms. The smallest absolute Gasteiger partial charge is 0.271 e. The number of amides is 1. The Hall–Kier alpha value is -2.12. The summed E-state index contributed by atoms with van der Waals surface area (Å²) in [6.45, 7) is 4.96. The van der Waals surface area contributed by atoms with Gasteiger partial charge in [-0.2, -0.15) is 4.31 Å². The van der Waals surface area contributed by atoms with Crippen molar-refractivity contribution in [2.24, 2.45) is 7.05 Å². The van der Waals surface area contributed by atoms with Crippen molar-refractivity contribution in [1.29, 1.82) is 0 Å². The summed E-state index contributed by atoms with van der Waals surface area (Å²) in [5.74, 6) is -0.121. The number of carbonyl (C=O) groups excluding carboxylic acids is 1. The van der Waals surface area contributed by atoms with E-state index in [9.17, 15) is 13.2 Å². The quantitative estimate of drug-likeness (QED) is 0.697. The number of nitrogens with zero attached hydrogens (tertiary/aromatic N) is 3. The summed E-state index contributed by atoms with van der Waals surface area (Å²) in [6, 6.07) is 11.6. The van der Waals surface area contributed by atoms with Gasteiger partial charge in [0.2, 0.25) is 10.0 Å². The van der Waals surface area contributed by atoms with E-state index >= 15 is 0 Å². The van der Waals surface area contributed by atoms with Crippen LogP contribution in [-0.2, 0) is 23.6 Å². The van der Waals surface area contributed by atoms with E-state index in [-0.39, 0.29) is 16.8 Å². The molecule has 1 aromatic carbocycles. The number of aromatic nitrogens is 1. The average molecular weight is 390 g/mol. The highest BCUT2D eigenvalue weighted by atomic mass is 32.2. The molecule has 1 aromatic heterocycles. The Morgan fingerprint density at radius 2 is 1.78 bits per heavy atom. The second-order valence-corrected chi connectivity index (χ2v) is 8.85. The normalized spacial score (nSPS) is 14.5. The van der Waals surface area contributed by atoms with Crippen LogP contribution in [0.1, 0.15) is 42.7 Å². The maximum Gasteiger partial charge on any atom is 0.271 e. The summed E-state index contributed by atoms with van der Waals surface area (Å²) in [5.41, 5.74) is 1.48. The van der Waals surface area contributed by atoms with Gasteiger partial charge in [-0.1, -0.05) is 44.2 Å². The second kappa shape index (κ2) is 7.86. The molecule has 1 saturated carbocycles. The van der Waals surface area contributed by atoms with E-state index in [4.69, 9.17) is 0 Å². The first-order valence-corrected chi connectivity index (χ1v) is 10.8. The highest BCUT2D eigenvalue weighted by molar-refractivity contribution is 7.89. The summed E-state index contributed by atoms with van der Waals surface area (Å²) < 4.78 is 28.6. The van der Waals surface area contributed by atoms with Crippen LogP contribution in [0, 0.1) is 0 Å². The fourth-order valence-electron chi connectivity index (χ4n) is 3.28. The van der Waals surface area contributed by atoms with Gasteiger partial charge in [-0.25, -0.2) is 8.42 Å². The zero-order valence-electron chi connectivity index (χ0n) is 16.1. The van der Waals surface area contributed by atoms with Crippen LogP contribution in [0.2, 0.25) is 0 Å². The molecule has 6 nitrogen and oxygen atoms in total. The molecule has 0 spiro atoms. The largest absolute Gasteiger partial charge is 0.345 e. The van der Waals surface area contributed by atoms with E-state index in [1.54, 1.807) is 11.6 Å². The van der Waals surface area contributed by atoms with Crippen LogP contribution in [0.3, 0.4) is 0 Å². The molecule has 0 radical (unpaired) electrons. The number of hydrogen-bond donors (Lipinski definition) is 0. The lowest BCUT2D eigenvalue weighted by Crippen LogP contribution is -2.33. The van der Waals surface area contributed by atoms with E-state index in [2.05, 4.69) is 0 Å². The molecule has 3 rings (SSSR count). The number of carbonyl (C=O) groups is 1. The number of rotatable bonds is 8. The molecule has 7 heteroatoms. The third-order valence-corrected chi connectivity index (χ3v) is 7.00. The van der Waals surface area contributed by atoms with Crippen LogP contribution in [0.25, 0.3) is 0 Å². The van der Waals surface area contributed by atoms with Gasteiger partial charge >= 0.3 is 0 Å². The summed E-state index contributed by atoms with van der Waals surface area (Å²) in [5, 5.41) is 0. The number of benzene rings is 1. The van der Waals surface area contributed by atoms with Crippen molar-refractivity contribution in [3.8, 4) is 0 Å². The third-order valence-electron chi connectivity index (χ3n) is 4.99. The minimum Gasteiger partial charge on any atom is -0.345 e. The van der Waals surface area contributed by atoms with Gasteiger partial charge in [-0.05, 0) is 24.5 Å². The molecule has 146 valence electrons. The van der Waals surface area contributed by atoms with E-state index in [1.807, 2.05) is 49.1 Å². The Balaban J connectivity index is 1.89. The maximum atomic E-state index is 13.2. The lowest BCUT2D eigenvalue weighted by Gasteiger charge is -2.22. The van der Waals surface area contributed by atoms with Crippen molar-refractivity contribution in [2.45, 2.75) is 44.2 Å². The van der Waals surface area contributed by atoms with Gasteiger partial charge < -0.3 is 9.47 Å². The highest BCUT2D eigenvalue weighted by Gasteiger charge is 2.35. The monoisotopic (exact) mass is 389 g/mol. The van der Waals surface area contributed by atoms with Crippen molar-refractivity contribution < 1.29 is 13.2 Å². The third kappa shape index (κ3) is 4.09. The lowest BCUT2D eigenvalue weighted by molar-refractivity contribution is 0.0720. The van der Waals surface area contributed by atoms with Crippen molar-refractivity contribution in [2.75, 3.05) is 13.1 Å². The molecule has 0 saturated heterocycles. The summed E-state index contributed by atoms with van der Waals surface area (Å²) in [7, 11) is -1.86. The maximum absolute atomic E-state index is 13.2. The van der Waals surface area contributed by atoms with Crippen molar-refractivity contribution in [3.63, 3.8) is 0 Å². The highest BCUT2D eigenvalue weighted by Crippen LogP contribution is 2.30. The zero-order valence-corrected chi connectivity index (χ0v) is 16.9. The number of aryl methyl sites for hydroxylation is 1. The molecule has 0 aliphatic heterocycles. The molecule has 0 unspecified atom stereocenters. The topological polar surface area (TPSA) is 62.6 Å². The molecule has 1 amide bonds. The van der Waals surface area contributed by atoms with Gasteiger partial charge in [-0.15, -0.1) is 0 Å². The molecule has 0 bridgehead atoms. The Morgan fingerprint density at radius 1 is 1.15 bits per heavy atom. The van der Waals surface area contributed by atoms with E-state index in [0.717, 1.165) is 18.4 Å². The van der Waals surface area contributed by atoms with Crippen LogP contribution >= 0.6 is 0 Å². The van der Waals surface area contributed by atoms with Gasteiger partial charge in [0.15, 0.2) is 0 Å². The second-order valence-electron chi connectivity index (χ2n) is 6.91. The summed E-state index contributed by atoms with van der Waals surface area (Å²) in [4.78, 5) is 15.2. The van der Waals surface area contributed by atoms with E-state index in [1.165, 1.54) is 16.6 Å². The minimum atomic E-state index is -3.58. The molecule has 0 N–H and O–H groups in total. The van der Waals surface area contributed by atoms with Gasteiger partial charge in [-0.3, -0.25) is 4.79 Å². The molecule has 1 aliphatic carbocycles. The van der Waals surface area contributed by atoms with Crippen molar-refractivity contribution >= 4 is 15.9 Å². The SMILES string of the molecule is CCN(CC)S(=O)(=O)c1cc(C(=O)N(Cc2ccccc2)C2CC2)n(C)c1. The van der Waals surface area contributed by atoms with Crippen LogP contribution in [0.4, 0.5) is 0 Å². The van der Waals surface area contributed by atoms with Crippen molar-refractivity contribution in [3.05, 3.63) is 53.9 Å². The molecule has 1 heterocycles. The fraction of sp³-hybridized carbons (Fsp3) is 0.450. The molecular weight excluding hydrogens is 362 g/mol. The Morgan fingerprint density at radius 3 is 2.33 bits per heavy atom.